The lowest BCUT2D eigenvalue weighted by Crippen LogP contribution is -2.50. The van der Waals surface area contributed by atoms with Crippen LogP contribution in [0, 0.1) is 11.8 Å². The molecule has 0 atom stereocenters. The quantitative estimate of drug-likeness (QED) is 0.526. The van der Waals surface area contributed by atoms with Crippen LogP contribution in [0.15, 0.2) is 18.2 Å². The first-order valence-corrected chi connectivity index (χ1v) is 14.1. The molecule has 1 N–H and O–H groups in total. The van der Waals surface area contributed by atoms with E-state index in [9.17, 15) is 9.59 Å². The second kappa shape index (κ2) is 13.3. The van der Waals surface area contributed by atoms with Gasteiger partial charge in [-0.1, -0.05) is 31.7 Å². The largest absolute Gasteiger partial charge is 0.493 e. The van der Waals surface area contributed by atoms with Gasteiger partial charge in [-0.3, -0.25) is 9.59 Å². The summed E-state index contributed by atoms with van der Waals surface area (Å²) in [7, 11) is 3.27. The minimum absolute atomic E-state index is 0.101. The Hall–Kier alpha value is -2.28. The summed E-state index contributed by atoms with van der Waals surface area (Å²) >= 11 is 0. The summed E-state index contributed by atoms with van der Waals surface area (Å²) in [4.78, 5) is 30.1. The van der Waals surface area contributed by atoms with Crippen molar-refractivity contribution in [3.05, 3.63) is 23.8 Å². The van der Waals surface area contributed by atoms with E-state index in [2.05, 4.69) is 15.1 Å². The van der Waals surface area contributed by atoms with Crippen molar-refractivity contribution >= 4 is 11.8 Å². The minimum atomic E-state index is 0.101. The van der Waals surface area contributed by atoms with Crippen molar-refractivity contribution in [3.63, 3.8) is 0 Å². The van der Waals surface area contributed by atoms with Crippen LogP contribution in [0.1, 0.15) is 69.8 Å². The van der Waals surface area contributed by atoms with Crippen LogP contribution in [0.2, 0.25) is 0 Å². The van der Waals surface area contributed by atoms with E-state index in [1.807, 2.05) is 18.2 Å². The first-order valence-electron chi connectivity index (χ1n) is 14.1. The van der Waals surface area contributed by atoms with Gasteiger partial charge < -0.3 is 24.6 Å². The minimum Gasteiger partial charge on any atom is -0.493 e. The fraction of sp³-hybridized carbons (Fsp3) is 0.724. The van der Waals surface area contributed by atoms with Crippen molar-refractivity contribution in [1.82, 2.24) is 15.1 Å². The summed E-state index contributed by atoms with van der Waals surface area (Å²) in [5, 5.41) is 3.14. The highest BCUT2D eigenvalue weighted by Crippen LogP contribution is 2.30. The fourth-order valence-electron chi connectivity index (χ4n) is 6.30. The van der Waals surface area contributed by atoms with Gasteiger partial charge in [0.1, 0.15) is 0 Å². The van der Waals surface area contributed by atoms with Gasteiger partial charge in [-0.15, -0.1) is 0 Å². The third kappa shape index (κ3) is 7.15. The number of rotatable bonds is 10. The van der Waals surface area contributed by atoms with E-state index in [1.54, 1.807) is 14.2 Å². The van der Waals surface area contributed by atoms with Gasteiger partial charge in [-0.2, -0.15) is 0 Å². The van der Waals surface area contributed by atoms with Gasteiger partial charge in [0.15, 0.2) is 11.5 Å². The Morgan fingerprint density at radius 1 is 0.917 bits per heavy atom. The zero-order chi connectivity index (χ0) is 25.3. The standard InChI is InChI=1S/C29H45N3O4/c1-35-26-9-7-23(21-27(26)36-2)11-16-30-29(34)24-12-17-31(18-13-24)25-14-19-32(20-15-25)28(33)10-8-22-5-3-4-6-22/h7,9,21-22,24-25H,3-6,8,10-20H2,1-2H3,(H,30,34). The lowest BCUT2D eigenvalue weighted by atomic mass is 9.92. The average Bonchev–Trinajstić information content (AvgIpc) is 3.45. The highest BCUT2D eigenvalue weighted by molar-refractivity contribution is 5.78. The molecule has 3 fully saturated rings. The summed E-state index contributed by atoms with van der Waals surface area (Å²) < 4.78 is 10.7. The molecule has 0 bridgehead atoms. The SMILES string of the molecule is COc1ccc(CCNC(=O)C2CCN(C3CCN(C(=O)CCC4CCCC4)CC3)CC2)cc1OC. The second-order valence-electron chi connectivity index (χ2n) is 10.8. The Labute approximate surface area is 216 Å². The molecule has 2 heterocycles. The smallest absolute Gasteiger partial charge is 0.223 e. The van der Waals surface area contributed by atoms with Gasteiger partial charge in [-0.25, -0.2) is 0 Å². The number of nitrogens with one attached hydrogen (secondary N) is 1. The molecule has 1 saturated carbocycles. The van der Waals surface area contributed by atoms with E-state index >= 15 is 0 Å². The van der Waals surface area contributed by atoms with E-state index in [1.165, 1.54) is 25.7 Å². The molecular weight excluding hydrogens is 454 g/mol. The maximum Gasteiger partial charge on any atom is 0.223 e. The van der Waals surface area contributed by atoms with Crippen molar-refractivity contribution in [1.29, 1.82) is 0 Å². The molecule has 7 heteroatoms. The van der Waals surface area contributed by atoms with Crippen molar-refractivity contribution < 1.29 is 19.1 Å². The number of methoxy groups -OCH3 is 2. The molecule has 200 valence electrons. The molecule has 1 aromatic rings. The molecule has 2 saturated heterocycles. The maximum atomic E-state index is 12.8. The van der Waals surface area contributed by atoms with E-state index in [4.69, 9.17) is 9.47 Å². The normalized spacial score (nSPS) is 20.4. The molecule has 1 aromatic carbocycles. The number of benzene rings is 1. The average molecular weight is 500 g/mol. The van der Waals surface area contributed by atoms with Gasteiger partial charge in [0.05, 0.1) is 14.2 Å². The monoisotopic (exact) mass is 499 g/mol. The van der Waals surface area contributed by atoms with Gasteiger partial charge in [0.25, 0.3) is 0 Å². The zero-order valence-corrected chi connectivity index (χ0v) is 22.3. The van der Waals surface area contributed by atoms with Gasteiger partial charge >= 0.3 is 0 Å². The highest BCUT2D eigenvalue weighted by atomic mass is 16.5. The molecule has 0 spiro atoms. The van der Waals surface area contributed by atoms with Crippen LogP contribution in [0.5, 0.6) is 11.5 Å². The van der Waals surface area contributed by atoms with E-state index < -0.39 is 0 Å². The van der Waals surface area contributed by atoms with E-state index in [0.717, 1.165) is 82.6 Å². The summed E-state index contributed by atoms with van der Waals surface area (Å²) in [5.74, 6) is 2.86. The molecule has 2 aliphatic heterocycles. The maximum absolute atomic E-state index is 12.8. The number of carbonyl (C=O) groups excluding carboxylic acids is 2. The van der Waals surface area contributed by atoms with Crippen molar-refractivity contribution in [2.45, 2.75) is 76.7 Å². The number of nitrogens with zero attached hydrogens (tertiary/aromatic N) is 2. The Morgan fingerprint density at radius 2 is 1.61 bits per heavy atom. The summed E-state index contributed by atoms with van der Waals surface area (Å²) in [5.41, 5.74) is 1.12. The first kappa shape index (κ1) is 26.8. The Kier molecular flexibility index (Phi) is 9.90. The molecule has 0 unspecified atom stereocenters. The summed E-state index contributed by atoms with van der Waals surface area (Å²) in [6.07, 6.45) is 11.9. The first-order chi connectivity index (χ1) is 17.6. The van der Waals surface area contributed by atoms with E-state index in [-0.39, 0.29) is 11.8 Å². The highest BCUT2D eigenvalue weighted by Gasteiger charge is 2.31. The number of ether oxygens (including phenoxy) is 2. The predicted octanol–water partition coefficient (Wildman–Crippen LogP) is 4.04. The Morgan fingerprint density at radius 3 is 2.28 bits per heavy atom. The molecule has 2 amide bonds. The van der Waals surface area contributed by atoms with Crippen LogP contribution in [0.25, 0.3) is 0 Å². The number of amides is 2. The summed E-state index contributed by atoms with van der Waals surface area (Å²) in [6, 6.07) is 6.44. The molecular formula is C29H45N3O4. The van der Waals surface area contributed by atoms with E-state index in [0.29, 0.717) is 30.0 Å². The molecule has 0 radical (unpaired) electrons. The third-order valence-corrected chi connectivity index (χ3v) is 8.64. The van der Waals surface area contributed by atoms with Crippen LogP contribution in [-0.2, 0) is 16.0 Å². The molecule has 1 aliphatic carbocycles. The fourth-order valence-corrected chi connectivity index (χ4v) is 6.30. The number of carbonyl (C=O) groups is 2. The lowest BCUT2D eigenvalue weighted by molar-refractivity contribution is -0.133. The Bertz CT molecular complexity index is 854. The number of piperidine rings is 2. The lowest BCUT2D eigenvalue weighted by Gasteiger charge is -2.41. The molecule has 36 heavy (non-hydrogen) atoms. The van der Waals surface area contributed by atoms with Crippen molar-refractivity contribution in [3.8, 4) is 11.5 Å². The third-order valence-electron chi connectivity index (χ3n) is 8.64. The van der Waals surface area contributed by atoms with Gasteiger partial charge in [-0.05, 0) is 75.2 Å². The van der Waals surface area contributed by atoms with Crippen LogP contribution in [0.4, 0.5) is 0 Å². The zero-order valence-electron chi connectivity index (χ0n) is 22.3. The van der Waals surface area contributed by atoms with Crippen LogP contribution in [-0.4, -0.2) is 74.6 Å². The van der Waals surface area contributed by atoms with Gasteiger partial charge in [0, 0.05) is 38.0 Å². The second-order valence-corrected chi connectivity index (χ2v) is 10.8. The predicted molar refractivity (Wildman–Crippen MR) is 141 cm³/mol. The van der Waals surface area contributed by atoms with Crippen LogP contribution >= 0.6 is 0 Å². The van der Waals surface area contributed by atoms with Gasteiger partial charge in [0.2, 0.25) is 11.8 Å². The Balaban J connectivity index is 1.12. The molecule has 3 aliphatic rings. The van der Waals surface area contributed by atoms with Crippen molar-refractivity contribution in [2.24, 2.45) is 11.8 Å². The number of likely N-dealkylation sites (tertiary alicyclic amines) is 2. The number of hydrogen-bond acceptors (Lipinski definition) is 5. The number of hydrogen-bond donors (Lipinski definition) is 1. The molecule has 4 rings (SSSR count). The summed E-state index contributed by atoms with van der Waals surface area (Å²) in [6.45, 7) is 4.37. The molecule has 7 nitrogen and oxygen atoms in total. The van der Waals surface area contributed by atoms with Crippen LogP contribution < -0.4 is 14.8 Å². The van der Waals surface area contributed by atoms with Crippen molar-refractivity contribution in [2.75, 3.05) is 46.9 Å². The molecule has 0 aromatic heterocycles. The topological polar surface area (TPSA) is 71.1 Å². The van der Waals surface area contributed by atoms with Crippen LogP contribution in [0.3, 0.4) is 0 Å².